The lowest BCUT2D eigenvalue weighted by atomic mass is 10.2. The second kappa shape index (κ2) is 19.2. The van der Waals surface area contributed by atoms with Gasteiger partial charge < -0.3 is 18.5 Å². The Kier molecular flexibility index (Phi) is 14.4. The number of aromatic nitrogens is 6. The first-order valence-electron chi connectivity index (χ1n) is 18.9. The monoisotopic (exact) mass is 846 g/mol. The molecule has 4 aromatic heterocycles. The van der Waals surface area contributed by atoms with Crippen molar-refractivity contribution in [2.45, 2.75) is 85.3 Å². The van der Waals surface area contributed by atoms with Crippen molar-refractivity contribution in [1.29, 1.82) is 0 Å². The average molecular weight is 847 g/mol. The third-order valence-electron chi connectivity index (χ3n) is 8.90. The molecular formula is C41H50N8O8S2. The van der Waals surface area contributed by atoms with Gasteiger partial charge in [0.2, 0.25) is 0 Å². The second-order valence-corrected chi connectivity index (χ2v) is 18.3. The van der Waals surface area contributed by atoms with Crippen LogP contribution < -0.4 is 18.1 Å². The molecule has 0 bridgehead atoms. The molecule has 2 aromatic carbocycles. The standard InChI is InChI=1S/C21H26N4O4S.C20H24N4O4S/c1-14(2)12-25(18-10-22-17(5)23-11-18)30(26,27)20-8-6-19(7-9-20)28-13-21-15(3)24-29-16(21)4;1-14(2)11-24(17-9-21-13-22-10-17)29(25,26)19-7-5-18(6-8-19)27-12-20-15(3)23-28-16(20)4/h6-11,14H,12-13H2,1-5H3;5-10,13-14H,11-12H2,1-4H3. The van der Waals surface area contributed by atoms with E-state index in [-0.39, 0.29) is 21.6 Å². The predicted molar refractivity (Wildman–Crippen MR) is 221 cm³/mol. The van der Waals surface area contributed by atoms with E-state index in [0.717, 1.165) is 22.5 Å². The molecule has 0 aliphatic rings. The molecule has 4 heterocycles. The maximum Gasteiger partial charge on any atom is 0.264 e. The zero-order valence-electron chi connectivity index (χ0n) is 34.6. The minimum absolute atomic E-state index is 0.124. The number of sulfonamides is 2. The Hall–Kier alpha value is -5.88. The topological polar surface area (TPSA) is 197 Å². The molecule has 0 saturated heterocycles. The zero-order valence-corrected chi connectivity index (χ0v) is 36.3. The normalized spacial score (nSPS) is 11.6. The Balaban J connectivity index is 0.000000224. The van der Waals surface area contributed by atoms with Crippen molar-refractivity contribution in [1.82, 2.24) is 30.2 Å². The van der Waals surface area contributed by atoms with Crippen LogP contribution in [0, 0.1) is 46.5 Å². The molecule has 18 heteroatoms. The van der Waals surface area contributed by atoms with E-state index in [1.54, 1.807) is 43.3 Å². The highest BCUT2D eigenvalue weighted by atomic mass is 32.2. The molecule has 6 rings (SSSR count). The predicted octanol–water partition coefficient (Wildman–Crippen LogP) is 7.33. The van der Waals surface area contributed by atoms with Gasteiger partial charge in [0.15, 0.2) is 0 Å². The summed E-state index contributed by atoms with van der Waals surface area (Å²) in [6.07, 6.45) is 7.42. The van der Waals surface area contributed by atoms with E-state index in [1.165, 1.54) is 51.9 Å². The Morgan fingerprint density at radius 3 is 1.29 bits per heavy atom. The van der Waals surface area contributed by atoms with E-state index < -0.39 is 20.0 Å². The summed E-state index contributed by atoms with van der Waals surface area (Å²) in [5, 5.41) is 7.80. The quantitative estimate of drug-likeness (QED) is 0.0938. The van der Waals surface area contributed by atoms with E-state index in [2.05, 4.69) is 30.2 Å². The number of hydrogen-bond acceptors (Lipinski definition) is 14. The number of benzene rings is 2. The van der Waals surface area contributed by atoms with Gasteiger partial charge in [-0.15, -0.1) is 0 Å². The van der Waals surface area contributed by atoms with Gasteiger partial charge in [-0.25, -0.2) is 36.8 Å². The molecular weight excluding hydrogens is 797 g/mol. The molecule has 0 aliphatic heterocycles. The third-order valence-corrected chi connectivity index (χ3v) is 12.5. The molecule has 0 amide bonds. The number of hydrogen-bond donors (Lipinski definition) is 0. The highest BCUT2D eigenvalue weighted by molar-refractivity contribution is 7.93. The molecule has 6 aromatic rings. The van der Waals surface area contributed by atoms with Gasteiger partial charge in [0.25, 0.3) is 20.0 Å². The van der Waals surface area contributed by atoms with Gasteiger partial charge in [0.05, 0.1) is 68.5 Å². The smallest absolute Gasteiger partial charge is 0.264 e. The van der Waals surface area contributed by atoms with Gasteiger partial charge >= 0.3 is 0 Å². The molecule has 0 fully saturated rings. The summed E-state index contributed by atoms with van der Waals surface area (Å²) in [7, 11) is -7.54. The van der Waals surface area contributed by atoms with Gasteiger partial charge in [-0.1, -0.05) is 38.0 Å². The maximum absolute atomic E-state index is 13.3. The molecule has 0 spiro atoms. The first kappa shape index (κ1) is 44.2. The molecule has 0 aliphatic carbocycles. The van der Waals surface area contributed by atoms with Crippen molar-refractivity contribution in [2.75, 3.05) is 21.7 Å². The van der Waals surface area contributed by atoms with Crippen molar-refractivity contribution in [3.05, 3.63) is 120 Å². The van der Waals surface area contributed by atoms with Crippen LogP contribution in [-0.4, -0.2) is 60.2 Å². The van der Waals surface area contributed by atoms with Crippen LogP contribution >= 0.6 is 0 Å². The Morgan fingerprint density at radius 2 is 0.949 bits per heavy atom. The fourth-order valence-electron chi connectivity index (χ4n) is 5.68. The summed E-state index contributed by atoms with van der Waals surface area (Å²) in [5.41, 5.74) is 4.18. The van der Waals surface area contributed by atoms with Gasteiger partial charge in [-0.3, -0.25) is 8.61 Å². The number of ether oxygens (including phenoxy) is 2. The SMILES string of the molecule is Cc1ncc(N(CC(C)C)S(=O)(=O)c2ccc(OCc3c(C)noc3C)cc2)cn1.Cc1noc(C)c1COc1ccc(S(=O)(=O)N(CC(C)C)c2cncnc2)cc1. The summed E-state index contributed by atoms with van der Waals surface area (Å²) in [4.78, 5) is 16.5. The largest absolute Gasteiger partial charge is 0.489 e. The summed E-state index contributed by atoms with van der Waals surface area (Å²) in [6, 6.07) is 12.7. The first-order valence-corrected chi connectivity index (χ1v) is 21.7. The van der Waals surface area contributed by atoms with Crippen molar-refractivity contribution >= 4 is 31.4 Å². The van der Waals surface area contributed by atoms with Gasteiger partial charge in [0.1, 0.15) is 48.4 Å². The van der Waals surface area contributed by atoms with Crippen LogP contribution in [0.3, 0.4) is 0 Å². The van der Waals surface area contributed by atoms with Crippen LogP contribution in [-0.2, 0) is 33.3 Å². The number of aryl methyl sites for hydroxylation is 5. The van der Waals surface area contributed by atoms with E-state index in [1.807, 2.05) is 55.4 Å². The molecule has 59 heavy (non-hydrogen) atoms. The minimum atomic E-state index is -3.78. The maximum atomic E-state index is 13.3. The zero-order chi connectivity index (χ0) is 42.9. The van der Waals surface area contributed by atoms with Crippen molar-refractivity contribution in [2.24, 2.45) is 11.8 Å². The average Bonchev–Trinajstić information content (AvgIpc) is 3.71. The molecule has 16 nitrogen and oxygen atoms in total. The van der Waals surface area contributed by atoms with Crippen molar-refractivity contribution in [3.63, 3.8) is 0 Å². The molecule has 0 radical (unpaired) electrons. The lowest BCUT2D eigenvalue weighted by Gasteiger charge is -2.25. The highest BCUT2D eigenvalue weighted by Crippen LogP contribution is 2.28. The van der Waals surface area contributed by atoms with E-state index in [0.29, 0.717) is 66.5 Å². The second-order valence-electron chi connectivity index (χ2n) is 14.6. The third kappa shape index (κ3) is 11.2. The van der Waals surface area contributed by atoms with Gasteiger partial charge in [-0.05, 0) is 95.0 Å². The fraction of sp³-hybridized carbons (Fsp3) is 0.366. The highest BCUT2D eigenvalue weighted by Gasteiger charge is 2.28. The van der Waals surface area contributed by atoms with Gasteiger partial charge in [-0.2, -0.15) is 0 Å². The molecule has 314 valence electrons. The molecule has 0 atom stereocenters. The number of rotatable bonds is 16. The van der Waals surface area contributed by atoms with Crippen LogP contribution in [0.15, 0.2) is 98.5 Å². The Labute approximate surface area is 345 Å². The number of nitrogens with zero attached hydrogens (tertiary/aromatic N) is 8. The summed E-state index contributed by atoms with van der Waals surface area (Å²) >= 11 is 0. The molecule has 0 unspecified atom stereocenters. The lowest BCUT2D eigenvalue weighted by molar-refractivity contribution is 0.301. The molecule has 0 N–H and O–H groups in total. The van der Waals surface area contributed by atoms with Crippen LogP contribution in [0.1, 0.15) is 67.6 Å². The lowest BCUT2D eigenvalue weighted by Crippen LogP contribution is -2.34. The van der Waals surface area contributed by atoms with Crippen LogP contribution in [0.4, 0.5) is 11.4 Å². The number of anilines is 2. The molecule has 0 saturated carbocycles. The summed E-state index contributed by atoms with van der Waals surface area (Å²) < 4.78 is 77.5. The van der Waals surface area contributed by atoms with E-state index >= 15 is 0 Å². The van der Waals surface area contributed by atoms with Crippen LogP contribution in [0.5, 0.6) is 11.5 Å². The van der Waals surface area contributed by atoms with Crippen molar-refractivity contribution in [3.8, 4) is 11.5 Å². The fourth-order valence-corrected chi connectivity index (χ4v) is 8.88. The van der Waals surface area contributed by atoms with Crippen LogP contribution in [0.2, 0.25) is 0 Å². The van der Waals surface area contributed by atoms with E-state index in [9.17, 15) is 16.8 Å². The Morgan fingerprint density at radius 1 is 0.576 bits per heavy atom. The Bertz CT molecular complexity index is 2450. The van der Waals surface area contributed by atoms with Gasteiger partial charge in [0, 0.05) is 13.1 Å². The van der Waals surface area contributed by atoms with E-state index in [4.69, 9.17) is 18.5 Å². The summed E-state index contributed by atoms with van der Waals surface area (Å²) in [5.74, 6) is 3.36. The summed E-state index contributed by atoms with van der Waals surface area (Å²) in [6.45, 7) is 18.2. The minimum Gasteiger partial charge on any atom is -0.489 e. The first-order chi connectivity index (χ1) is 28.0. The van der Waals surface area contributed by atoms with Crippen molar-refractivity contribution < 1.29 is 35.4 Å². The van der Waals surface area contributed by atoms with Crippen LogP contribution in [0.25, 0.3) is 0 Å².